The predicted molar refractivity (Wildman–Crippen MR) is 90.0 cm³/mol. The molecule has 0 radical (unpaired) electrons. The van der Waals surface area contributed by atoms with Crippen molar-refractivity contribution in [3.63, 3.8) is 0 Å². The second-order valence-corrected chi connectivity index (χ2v) is 5.64. The molecule has 1 aromatic carbocycles. The van der Waals surface area contributed by atoms with E-state index in [2.05, 4.69) is 16.5 Å². The van der Waals surface area contributed by atoms with Gasteiger partial charge in [-0.25, -0.2) is 0 Å². The maximum absolute atomic E-state index is 12.0. The summed E-state index contributed by atoms with van der Waals surface area (Å²) >= 11 is 0. The van der Waals surface area contributed by atoms with Crippen molar-refractivity contribution in [3.8, 4) is 6.07 Å². The average Bonchev–Trinajstić information content (AvgIpc) is 3.26. The number of hydrogen-bond acceptors (Lipinski definition) is 4. The molecule has 1 aliphatic heterocycles. The number of anilines is 1. The number of nitriles is 1. The molecule has 3 rings (SSSR count). The maximum atomic E-state index is 12.0. The fourth-order valence-electron chi connectivity index (χ4n) is 2.55. The molecule has 1 atom stereocenters. The van der Waals surface area contributed by atoms with Crippen LogP contribution in [-0.4, -0.2) is 28.4 Å². The Kier molecular flexibility index (Phi) is 5.04. The Bertz CT molecular complexity index is 765. The first kappa shape index (κ1) is 16.0. The number of hydrogen-bond donors (Lipinski definition) is 1. The number of benzene rings is 1. The van der Waals surface area contributed by atoms with Crippen LogP contribution >= 0.6 is 0 Å². The number of carbonyl (C=O) groups is 1. The molecule has 0 aliphatic carbocycles. The van der Waals surface area contributed by atoms with Gasteiger partial charge in [-0.2, -0.15) is 10.4 Å². The number of rotatable bonds is 5. The highest BCUT2D eigenvalue weighted by Gasteiger charge is 2.16. The van der Waals surface area contributed by atoms with Crippen LogP contribution in [0.3, 0.4) is 0 Å². The molecule has 2 aromatic rings. The normalized spacial score (nSPS) is 17.0. The third-order valence-electron chi connectivity index (χ3n) is 3.78. The van der Waals surface area contributed by atoms with Crippen LogP contribution < -0.4 is 5.32 Å². The fourth-order valence-corrected chi connectivity index (χ4v) is 2.55. The van der Waals surface area contributed by atoms with Crippen molar-refractivity contribution in [3.05, 3.63) is 53.9 Å². The molecule has 122 valence electrons. The monoisotopic (exact) mass is 322 g/mol. The van der Waals surface area contributed by atoms with E-state index in [1.54, 1.807) is 47.4 Å². The van der Waals surface area contributed by atoms with E-state index < -0.39 is 0 Å². The minimum absolute atomic E-state index is 0.213. The third-order valence-corrected chi connectivity index (χ3v) is 3.78. The van der Waals surface area contributed by atoms with Crippen molar-refractivity contribution < 1.29 is 9.53 Å². The highest BCUT2D eigenvalue weighted by atomic mass is 16.5. The van der Waals surface area contributed by atoms with Crippen LogP contribution in [0, 0.1) is 11.3 Å². The lowest BCUT2D eigenvalue weighted by Crippen LogP contribution is -2.15. The van der Waals surface area contributed by atoms with Crippen LogP contribution in [0.5, 0.6) is 0 Å². The van der Waals surface area contributed by atoms with Gasteiger partial charge < -0.3 is 10.1 Å². The molecule has 1 fully saturated rings. The van der Waals surface area contributed by atoms with E-state index in [0.717, 1.165) is 25.0 Å². The lowest BCUT2D eigenvalue weighted by atomic mass is 10.1. The number of nitrogens with zero attached hydrogens (tertiary/aromatic N) is 3. The summed E-state index contributed by atoms with van der Waals surface area (Å²) < 4.78 is 7.36. The predicted octanol–water partition coefficient (Wildman–Crippen LogP) is 2.59. The molecule has 0 unspecified atom stereocenters. The summed E-state index contributed by atoms with van der Waals surface area (Å²) in [5.41, 5.74) is 2.11. The molecule has 2 heterocycles. The minimum atomic E-state index is -0.226. The van der Waals surface area contributed by atoms with Gasteiger partial charge in [-0.15, -0.1) is 0 Å². The second-order valence-electron chi connectivity index (χ2n) is 5.64. The molecular formula is C18H18N4O2. The summed E-state index contributed by atoms with van der Waals surface area (Å²) in [6.45, 7) is 1.52. The van der Waals surface area contributed by atoms with Crippen LogP contribution in [0.4, 0.5) is 5.69 Å². The van der Waals surface area contributed by atoms with E-state index >= 15 is 0 Å². The number of aromatic nitrogens is 2. The van der Waals surface area contributed by atoms with Crippen molar-refractivity contribution in [2.24, 2.45) is 0 Å². The molecular weight excluding hydrogens is 304 g/mol. The third kappa shape index (κ3) is 4.31. The van der Waals surface area contributed by atoms with Gasteiger partial charge in [0.05, 0.1) is 36.2 Å². The molecule has 1 amide bonds. The lowest BCUT2D eigenvalue weighted by molar-refractivity contribution is -0.111. The Morgan fingerprint density at radius 2 is 2.29 bits per heavy atom. The van der Waals surface area contributed by atoms with Gasteiger partial charge in [0.25, 0.3) is 0 Å². The Balaban J connectivity index is 1.53. The first-order chi connectivity index (χ1) is 11.7. The first-order valence-corrected chi connectivity index (χ1v) is 7.86. The van der Waals surface area contributed by atoms with Crippen LogP contribution in [0.2, 0.25) is 0 Å². The van der Waals surface area contributed by atoms with Crippen molar-refractivity contribution in [2.45, 2.75) is 25.5 Å². The number of ether oxygens (including phenoxy) is 1. The summed E-state index contributed by atoms with van der Waals surface area (Å²) in [5.74, 6) is -0.226. The Labute approximate surface area is 140 Å². The van der Waals surface area contributed by atoms with Crippen LogP contribution in [0.15, 0.2) is 42.7 Å². The molecule has 1 aromatic heterocycles. The van der Waals surface area contributed by atoms with Crippen molar-refractivity contribution in [1.82, 2.24) is 9.78 Å². The van der Waals surface area contributed by atoms with Gasteiger partial charge in [-0.05, 0) is 36.6 Å². The summed E-state index contributed by atoms with van der Waals surface area (Å²) in [7, 11) is 0. The van der Waals surface area contributed by atoms with Gasteiger partial charge >= 0.3 is 0 Å². The highest BCUT2D eigenvalue weighted by molar-refractivity contribution is 6.01. The van der Waals surface area contributed by atoms with Crippen molar-refractivity contribution in [2.75, 3.05) is 11.9 Å². The number of carbonyl (C=O) groups excluding carboxylic acids is 1. The van der Waals surface area contributed by atoms with E-state index in [4.69, 9.17) is 10.00 Å². The second kappa shape index (κ2) is 7.57. The topological polar surface area (TPSA) is 79.9 Å². The van der Waals surface area contributed by atoms with Gasteiger partial charge in [0, 0.05) is 18.9 Å². The largest absolute Gasteiger partial charge is 0.376 e. The van der Waals surface area contributed by atoms with Crippen LogP contribution in [-0.2, 0) is 16.1 Å². The molecule has 24 heavy (non-hydrogen) atoms. The zero-order valence-electron chi connectivity index (χ0n) is 13.2. The van der Waals surface area contributed by atoms with Gasteiger partial charge in [-0.3, -0.25) is 9.48 Å². The molecule has 0 spiro atoms. The summed E-state index contributed by atoms with van der Waals surface area (Å²) in [5, 5.41) is 15.8. The van der Waals surface area contributed by atoms with E-state index in [-0.39, 0.29) is 12.0 Å². The van der Waals surface area contributed by atoms with Crippen molar-refractivity contribution in [1.29, 1.82) is 5.26 Å². The molecule has 1 aliphatic rings. The van der Waals surface area contributed by atoms with Crippen LogP contribution in [0.1, 0.15) is 24.0 Å². The maximum Gasteiger partial charge on any atom is 0.248 e. The summed E-state index contributed by atoms with van der Waals surface area (Å²) in [4.78, 5) is 12.0. The summed E-state index contributed by atoms with van der Waals surface area (Å²) in [6, 6.07) is 9.08. The fraction of sp³-hybridized carbons (Fsp3) is 0.278. The van der Waals surface area contributed by atoms with Gasteiger partial charge in [-0.1, -0.05) is 12.1 Å². The number of amides is 1. The smallest absolute Gasteiger partial charge is 0.248 e. The Morgan fingerprint density at radius 1 is 1.46 bits per heavy atom. The zero-order chi connectivity index (χ0) is 16.8. The highest BCUT2D eigenvalue weighted by Crippen LogP contribution is 2.15. The lowest BCUT2D eigenvalue weighted by Gasteiger charge is -2.08. The van der Waals surface area contributed by atoms with E-state index in [0.29, 0.717) is 17.8 Å². The quantitative estimate of drug-likeness (QED) is 0.858. The average molecular weight is 322 g/mol. The number of nitrogens with one attached hydrogen (secondary N) is 1. The zero-order valence-corrected chi connectivity index (χ0v) is 13.2. The van der Waals surface area contributed by atoms with Gasteiger partial charge in [0.15, 0.2) is 0 Å². The first-order valence-electron chi connectivity index (χ1n) is 7.86. The van der Waals surface area contributed by atoms with E-state index in [1.165, 1.54) is 6.08 Å². The van der Waals surface area contributed by atoms with Gasteiger partial charge in [0.1, 0.15) is 0 Å². The minimum Gasteiger partial charge on any atom is -0.376 e. The van der Waals surface area contributed by atoms with E-state index in [1.807, 2.05) is 0 Å². The van der Waals surface area contributed by atoms with Crippen LogP contribution in [0.25, 0.3) is 6.08 Å². The van der Waals surface area contributed by atoms with Crippen molar-refractivity contribution >= 4 is 17.7 Å². The summed E-state index contributed by atoms with van der Waals surface area (Å²) in [6.07, 6.45) is 8.94. The molecule has 1 saturated heterocycles. The standard InChI is InChI=1S/C18H18N4O2/c19-10-15-5-3-14(4-6-15)7-8-18(23)21-16-11-20-22(12-16)13-17-2-1-9-24-17/h3-8,11-12,17H,1-2,9,13H2,(H,21,23)/b8-7-/t17-/m1/s1. The molecule has 0 bridgehead atoms. The Hall–Kier alpha value is -2.91. The molecule has 6 nitrogen and oxygen atoms in total. The SMILES string of the molecule is N#Cc1ccc(/C=C\C(=O)Nc2cnn(C[C@H]3CCCO3)c2)cc1. The Morgan fingerprint density at radius 3 is 3.00 bits per heavy atom. The molecule has 6 heteroatoms. The van der Waals surface area contributed by atoms with Gasteiger partial charge in [0.2, 0.25) is 5.91 Å². The van der Waals surface area contributed by atoms with E-state index in [9.17, 15) is 4.79 Å². The molecule has 0 saturated carbocycles. The molecule has 1 N–H and O–H groups in total.